The molecule has 4 N–H and O–H groups in total. The first-order valence-electron chi connectivity index (χ1n) is 5.60. The van der Waals surface area contributed by atoms with Crippen LogP contribution in [-0.2, 0) is 5.11 Å². The van der Waals surface area contributed by atoms with Crippen LogP contribution in [-0.4, -0.2) is 12.4 Å². The van der Waals surface area contributed by atoms with Gasteiger partial charge in [-0.1, -0.05) is 18.9 Å². The number of benzene rings is 1. The van der Waals surface area contributed by atoms with Crippen molar-refractivity contribution in [3.05, 3.63) is 18.2 Å². The van der Waals surface area contributed by atoms with Gasteiger partial charge in [0, 0.05) is 11.4 Å². The molecule has 1 rings (SSSR count). The maximum Gasteiger partial charge on any atom is 0.0822 e. The molecule has 0 saturated carbocycles. The molecule has 0 aliphatic rings. The van der Waals surface area contributed by atoms with Crippen LogP contribution in [0.1, 0.15) is 25.7 Å². The van der Waals surface area contributed by atoms with Crippen molar-refractivity contribution in [3.8, 4) is 0 Å². The van der Waals surface area contributed by atoms with E-state index in [-0.39, 0.29) is 6.61 Å². The maximum atomic E-state index is 10.2. The Morgan fingerprint density at radius 3 is 2.25 bits per heavy atom. The van der Waals surface area contributed by atoms with Gasteiger partial charge in [-0.25, -0.2) is 5.11 Å². The first-order chi connectivity index (χ1) is 7.75. The van der Waals surface area contributed by atoms with Gasteiger partial charge >= 0.3 is 0 Å². The van der Waals surface area contributed by atoms with E-state index in [0.29, 0.717) is 0 Å². The van der Waals surface area contributed by atoms with Crippen molar-refractivity contribution in [2.45, 2.75) is 30.6 Å². The van der Waals surface area contributed by atoms with Gasteiger partial charge in [-0.05, 0) is 30.7 Å². The van der Waals surface area contributed by atoms with E-state index in [1.54, 1.807) is 11.8 Å². The Kier molecular flexibility index (Phi) is 6.11. The lowest BCUT2D eigenvalue weighted by molar-refractivity contribution is 0.186. The van der Waals surface area contributed by atoms with Crippen LogP contribution in [0, 0.1) is 0 Å². The molecular weight excluding hydrogens is 220 g/mol. The number of nitrogens with two attached hydrogens (primary N) is 2. The second kappa shape index (κ2) is 7.41. The molecule has 0 fully saturated rings. The first kappa shape index (κ1) is 13.2. The van der Waals surface area contributed by atoms with Crippen molar-refractivity contribution < 1.29 is 5.11 Å². The van der Waals surface area contributed by atoms with Crippen molar-refractivity contribution in [2.75, 3.05) is 23.8 Å². The van der Waals surface area contributed by atoms with Crippen LogP contribution in [0.4, 0.5) is 11.4 Å². The Morgan fingerprint density at radius 1 is 1.00 bits per heavy atom. The molecule has 0 bridgehead atoms. The fraction of sp³-hybridized carbons (Fsp3) is 0.500. The predicted molar refractivity (Wildman–Crippen MR) is 70.0 cm³/mol. The fourth-order valence-electron chi connectivity index (χ4n) is 1.47. The summed E-state index contributed by atoms with van der Waals surface area (Å²) in [6.07, 6.45) is 4.05. The highest BCUT2D eigenvalue weighted by Gasteiger charge is 2.03. The zero-order chi connectivity index (χ0) is 11.8. The summed E-state index contributed by atoms with van der Waals surface area (Å²) >= 11 is 1.70. The molecule has 1 radical (unpaired) electrons. The van der Waals surface area contributed by atoms with Gasteiger partial charge in [0.25, 0.3) is 0 Å². The molecule has 0 atom stereocenters. The zero-order valence-corrected chi connectivity index (χ0v) is 10.3. The monoisotopic (exact) mass is 239 g/mol. The molecule has 4 heteroatoms. The largest absolute Gasteiger partial charge is 0.398 e. The average molecular weight is 239 g/mol. The van der Waals surface area contributed by atoms with E-state index in [4.69, 9.17) is 11.5 Å². The van der Waals surface area contributed by atoms with Gasteiger partial charge in [-0.15, -0.1) is 11.8 Å². The molecule has 89 valence electrons. The lowest BCUT2D eigenvalue weighted by atomic mass is 10.2. The van der Waals surface area contributed by atoms with Crippen LogP contribution in [0.15, 0.2) is 23.1 Å². The standard InChI is InChI=1S/C12H19N2OS/c13-10-6-5-7-11(14)12(10)16-9-4-2-1-3-8-15/h5-7H,1-4,8-9,13-14H2. The summed E-state index contributed by atoms with van der Waals surface area (Å²) < 4.78 is 0. The molecule has 0 heterocycles. The second-order valence-corrected chi connectivity index (χ2v) is 4.84. The normalized spacial score (nSPS) is 10.6. The van der Waals surface area contributed by atoms with E-state index in [9.17, 15) is 5.11 Å². The highest BCUT2D eigenvalue weighted by atomic mass is 32.2. The minimum atomic E-state index is 0.0473. The summed E-state index contributed by atoms with van der Waals surface area (Å²) in [5.74, 6) is 1.01. The Labute approximate surface area is 101 Å². The molecule has 0 aliphatic heterocycles. The Bertz CT molecular complexity index is 298. The van der Waals surface area contributed by atoms with Gasteiger partial charge in [0.2, 0.25) is 0 Å². The average Bonchev–Trinajstić information content (AvgIpc) is 2.26. The van der Waals surface area contributed by atoms with E-state index >= 15 is 0 Å². The van der Waals surface area contributed by atoms with Crippen LogP contribution in [0.3, 0.4) is 0 Å². The molecular formula is C12H19N2OS. The van der Waals surface area contributed by atoms with Gasteiger partial charge in [0.15, 0.2) is 0 Å². The summed E-state index contributed by atoms with van der Waals surface area (Å²) in [6.45, 7) is 0.0473. The summed E-state index contributed by atoms with van der Waals surface area (Å²) in [5.41, 5.74) is 13.2. The van der Waals surface area contributed by atoms with Crippen molar-refractivity contribution in [3.63, 3.8) is 0 Å². The third-order valence-corrected chi connectivity index (χ3v) is 3.61. The number of nitrogen functional groups attached to an aromatic ring is 2. The third kappa shape index (κ3) is 4.33. The fourth-order valence-corrected chi connectivity index (χ4v) is 2.49. The minimum absolute atomic E-state index is 0.0473. The Morgan fingerprint density at radius 2 is 1.62 bits per heavy atom. The molecule has 0 unspecified atom stereocenters. The summed E-state index contributed by atoms with van der Waals surface area (Å²) in [6, 6.07) is 5.61. The van der Waals surface area contributed by atoms with Crippen LogP contribution < -0.4 is 11.5 Å². The van der Waals surface area contributed by atoms with E-state index in [2.05, 4.69) is 0 Å². The number of anilines is 2. The summed E-state index contributed by atoms with van der Waals surface area (Å²) in [7, 11) is 0. The topological polar surface area (TPSA) is 71.9 Å². The Balaban J connectivity index is 2.26. The van der Waals surface area contributed by atoms with Crippen molar-refractivity contribution in [1.82, 2.24) is 0 Å². The van der Waals surface area contributed by atoms with Gasteiger partial charge in [-0.2, -0.15) is 0 Å². The lowest BCUT2D eigenvalue weighted by Crippen LogP contribution is -1.95. The SMILES string of the molecule is Nc1cccc(N)c1SCCCCCC[O]. The molecule has 0 saturated heterocycles. The summed E-state index contributed by atoms with van der Waals surface area (Å²) in [5, 5.41) is 10.2. The van der Waals surface area contributed by atoms with Gasteiger partial charge < -0.3 is 11.5 Å². The van der Waals surface area contributed by atoms with Crippen molar-refractivity contribution in [1.29, 1.82) is 0 Å². The zero-order valence-electron chi connectivity index (χ0n) is 9.45. The highest BCUT2D eigenvalue weighted by Crippen LogP contribution is 2.31. The second-order valence-electron chi connectivity index (χ2n) is 3.73. The van der Waals surface area contributed by atoms with Gasteiger partial charge in [0.05, 0.1) is 11.5 Å². The van der Waals surface area contributed by atoms with Gasteiger partial charge in [-0.3, -0.25) is 0 Å². The third-order valence-electron chi connectivity index (χ3n) is 2.36. The maximum absolute atomic E-state index is 10.2. The molecule has 1 aromatic rings. The molecule has 16 heavy (non-hydrogen) atoms. The van der Waals surface area contributed by atoms with Crippen LogP contribution >= 0.6 is 11.8 Å². The number of unbranched alkanes of at least 4 members (excludes halogenated alkanes) is 3. The number of rotatable bonds is 7. The van der Waals surface area contributed by atoms with E-state index in [1.807, 2.05) is 18.2 Å². The lowest BCUT2D eigenvalue weighted by Gasteiger charge is -2.08. The van der Waals surface area contributed by atoms with Crippen LogP contribution in [0.2, 0.25) is 0 Å². The van der Waals surface area contributed by atoms with Crippen molar-refractivity contribution >= 4 is 23.1 Å². The number of hydrogen-bond acceptors (Lipinski definition) is 3. The highest BCUT2D eigenvalue weighted by molar-refractivity contribution is 7.99. The molecule has 1 aromatic carbocycles. The van der Waals surface area contributed by atoms with E-state index in [1.165, 1.54) is 0 Å². The molecule has 0 spiro atoms. The number of hydrogen-bond donors (Lipinski definition) is 2. The number of thioether (sulfide) groups is 1. The minimum Gasteiger partial charge on any atom is -0.398 e. The first-order valence-corrected chi connectivity index (χ1v) is 6.59. The van der Waals surface area contributed by atoms with Crippen LogP contribution in [0.5, 0.6) is 0 Å². The Hall–Kier alpha value is -0.870. The predicted octanol–water partition coefficient (Wildman–Crippen LogP) is 2.93. The van der Waals surface area contributed by atoms with Gasteiger partial charge in [0.1, 0.15) is 0 Å². The molecule has 0 aliphatic carbocycles. The molecule has 0 aromatic heterocycles. The molecule has 3 nitrogen and oxygen atoms in total. The smallest absolute Gasteiger partial charge is 0.0822 e. The quantitative estimate of drug-likeness (QED) is 0.436. The van der Waals surface area contributed by atoms with Crippen molar-refractivity contribution in [2.24, 2.45) is 0 Å². The summed E-state index contributed by atoms with van der Waals surface area (Å²) in [4.78, 5) is 0.992. The van der Waals surface area contributed by atoms with Crippen LogP contribution in [0.25, 0.3) is 0 Å². The molecule has 0 amide bonds. The van der Waals surface area contributed by atoms with E-state index in [0.717, 1.165) is 47.7 Å². The van der Waals surface area contributed by atoms with E-state index < -0.39 is 0 Å².